The molecule has 2 aliphatic carbocycles. The number of rotatable bonds is 10. The number of carboxylic acids is 1. The number of fused-ring (bicyclic) bond motifs is 3. The third kappa shape index (κ3) is 5.07. The van der Waals surface area contributed by atoms with Crippen LogP contribution in [0.4, 0.5) is 4.79 Å². The predicted octanol–water partition coefficient (Wildman–Crippen LogP) is 3.30. The molecule has 0 spiro atoms. The van der Waals surface area contributed by atoms with E-state index in [-0.39, 0.29) is 19.1 Å². The number of alkyl carbamates (subject to hydrolysis) is 1. The van der Waals surface area contributed by atoms with Gasteiger partial charge in [-0.25, -0.2) is 9.59 Å². The molecule has 8 nitrogen and oxygen atoms in total. The Morgan fingerprint density at radius 1 is 1.06 bits per heavy atom. The Morgan fingerprint density at radius 3 is 2.18 bits per heavy atom. The van der Waals surface area contributed by atoms with Crippen LogP contribution in [0.3, 0.4) is 0 Å². The normalized spacial score (nSPS) is 17.1. The van der Waals surface area contributed by atoms with E-state index in [4.69, 9.17) is 9.47 Å². The van der Waals surface area contributed by atoms with Crippen molar-refractivity contribution >= 4 is 18.0 Å². The highest BCUT2D eigenvalue weighted by atomic mass is 16.5. The molecule has 2 atom stereocenters. The number of amides is 2. The molecule has 2 aromatic rings. The SMILES string of the molecule is COCC(C)(NC(=O)OCC1c2ccccc2-c2ccccc21)C(=O)N[C@@H](CC1CC1)C(=O)O. The second-order valence-corrected chi connectivity index (χ2v) is 9.26. The lowest BCUT2D eigenvalue weighted by molar-refractivity contribution is -0.143. The van der Waals surface area contributed by atoms with Crippen LogP contribution in [0.1, 0.15) is 43.2 Å². The van der Waals surface area contributed by atoms with E-state index in [0.29, 0.717) is 12.3 Å². The number of hydrogen-bond acceptors (Lipinski definition) is 5. The summed E-state index contributed by atoms with van der Waals surface area (Å²) in [7, 11) is 1.41. The lowest BCUT2D eigenvalue weighted by atomic mass is 9.98. The topological polar surface area (TPSA) is 114 Å². The van der Waals surface area contributed by atoms with Gasteiger partial charge in [0.25, 0.3) is 0 Å². The molecule has 8 heteroatoms. The Labute approximate surface area is 198 Å². The number of hydrogen-bond donors (Lipinski definition) is 3. The third-order valence-corrected chi connectivity index (χ3v) is 6.53. The van der Waals surface area contributed by atoms with Crippen molar-refractivity contribution in [2.24, 2.45) is 5.92 Å². The highest BCUT2D eigenvalue weighted by Gasteiger charge is 2.39. The van der Waals surface area contributed by atoms with Gasteiger partial charge in [0.05, 0.1) is 6.61 Å². The van der Waals surface area contributed by atoms with Gasteiger partial charge in [-0.1, -0.05) is 61.4 Å². The van der Waals surface area contributed by atoms with Crippen molar-refractivity contribution < 1.29 is 29.0 Å². The van der Waals surface area contributed by atoms with Gasteiger partial charge in [-0.05, 0) is 41.5 Å². The molecule has 2 aliphatic rings. The minimum absolute atomic E-state index is 0.101. The molecule has 1 saturated carbocycles. The molecule has 0 aliphatic heterocycles. The van der Waals surface area contributed by atoms with Gasteiger partial charge in [0.1, 0.15) is 18.2 Å². The fourth-order valence-corrected chi connectivity index (χ4v) is 4.53. The summed E-state index contributed by atoms with van der Waals surface area (Å²) in [4.78, 5) is 37.3. The van der Waals surface area contributed by atoms with Crippen molar-refractivity contribution in [3.05, 3.63) is 59.7 Å². The minimum atomic E-state index is -1.49. The van der Waals surface area contributed by atoms with Crippen molar-refractivity contribution in [3.8, 4) is 11.1 Å². The molecule has 0 saturated heterocycles. The van der Waals surface area contributed by atoms with Gasteiger partial charge in [-0.2, -0.15) is 0 Å². The molecule has 0 bridgehead atoms. The largest absolute Gasteiger partial charge is 0.480 e. The number of nitrogens with one attached hydrogen (secondary N) is 2. The van der Waals surface area contributed by atoms with E-state index in [1.165, 1.54) is 14.0 Å². The lowest BCUT2D eigenvalue weighted by Crippen LogP contribution is -2.62. The number of carbonyl (C=O) groups is 3. The Kier molecular flexibility index (Phi) is 6.88. The zero-order valence-corrected chi connectivity index (χ0v) is 19.4. The molecule has 2 amide bonds. The highest BCUT2D eigenvalue weighted by Crippen LogP contribution is 2.44. The Morgan fingerprint density at radius 2 is 1.65 bits per heavy atom. The van der Waals surface area contributed by atoms with E-state index in [1.807, 2.05) is 36.4 Å². The fourth-order valence-electron chi connectivity index (χ4n) is 4.53. The predicted molar refractivity (Wildman–Crippen MR) is 125 cm³/mol. The van der Waals surface area contributed by atoms with Crippen molar-refractivity contribution in [1.29, 1.82) is 0 Å². The van der Waals surface area contributed by atoms with E-state index in [9.17, 15) is 19.5 Å². The molecule has 1 fully saturated rings. The van der Waals surface area contributed by atoms with Gasteiger partial charge >= 0.3 is 12.1 Å². The molecular weight excluding hydrogens is 436 g/mol. The summed E-state index contributed by atoms with van der Waals surface area (Å²) in [6, 6.07) is 15.0. The fraction of sp³-hybridized carbons (Fsp3) is 0.423. The summed E-state index contributed by atoms with van der Waals surface area (Å²) in [6.07, 6.45) is 1.53. The van der Waals surface area contributed by atoms with Crippen LogP contribution < -0.4 is 10.6 Å². The molecule has 2 aromatic carbocycles. The monoisotopic (exact) mass is 466 g/mol. The van der Waals surface area contributed by atoms with Crippen LogP contribution in [-0.4, -0.2) is 55.0 Å². The maximum Gasteiger partial charge on any atom is 0.408 e. The van der Waals surface area contributed by atoms with Crippen LogP contribution >= 0.6 is 0 Å². The third-order valence-electron chi connectivity index (χ3n) is 6.53. The molecule has 3 N–H and O–H groups in total. The summed E-state index contributed by atoms with van der Waals surface area (Å²) >= 11 is 0. The standard InChI is InChI=1S/C26H30N2O6/c1-26(15-33-2,24(31)27-22(23(29)30)13-16-11-12-16)28-25(32)34-14-21-19-9-5-3-7-17(19)18-8-4-6-10-20(18)21/h3-10,16,21-22H,11-15H2,1-2H3,(H,27,31)(H,28,32)(H,29,30)/t22-,26?/m0/s1. The smallest absolute Gasteiger partial charge is 0.408 e. The van der Waals surface area contributed by atoms with Gasteiger partial charge in [-0.3, -0.25) is 4.79 Å². The minimum Gasteiger partial charge on any atom is -0.480 e. The average Bonchev–Trinajstić information content (AvgIpc) is 3.58. The van der Waals surface area contributed by atoms with E-state index in [2.05, 4.69) is 22.8 Å². The Balaban J connectivity index is 1.42. The van der Waals surface area contributed by atoms with E-state index >= 15 is 0 Å². The lowest BCUT2D eigenvalue weighted by Gasteiger charge is -2.30. The van der Waals surface area contributed by atoms with Gasteiger partial charge in [-0.15, -0.1) is 0 Å². The molecule has 34 heavy (non-hydrogen) atoms. The number of carbonyl (C=O) groups excluding carboxylic acids is 2. The van der Waals surface area contributed by atoms with Crippen LogP contribution in [0.5, 0.6) is 0 Å². The number of aliphatic carboxylic acids is 1. The zero-order chi connectivity index (χ0) is 24.3. The first-order valence-electron chi connectivity index (χ1n) is 11.5. The molecule has 4 rings (SSSR count). The molecule has 180 valence electrons. The summed E-state index contributed by atoms with van der Waals surface area (Å²) in [6.45, 7) is 1.45. The van der Waals surface area contributed by atoms with Crippen molar-refractivity contribution in [3.63, 3.8) is 0 Å². The van der Waals surface area contributed by atoms with E-state index < -0.39 is 29.6 Å². The first-order valence-corrected chi connectivity index (χ1v) is 11.5. The molecule has 1 unspecified atom stereocenters. The number of ether oxygens (including phenoxy) is 2. The van der Waals surface area contributed by atoms with Gasteiger partial charge < -0.3 is 25.2 Å². The maximum atomic E-state index is 13.0. The van der Waals surface area contributed by atoms with Gasteiger partial charge in [0.2, 0.25) is 5.91 Å². The second-order valence-electron chi connectivity index (χ2n) is 9.26. The van der Waals surface area contributed by atoms with E-state index in [0.717, 1.165) is 35.1 Å². The number of benzene rings is 2. The first kappa shape index (κ1) is 23.8. The zero-order valence-electron chi connectivity index (χ0n) is 19.4. The number of methoxy groups -OCH3 is 1. The van der Waals surface area contributed by atoms with Crippen LogP contribution in [0.25, 0.3) is 11.1 Å². The summed E-state index contributed by atoms with van der Waals surface area (Å²) in [5.74, 6) is -1.53. The van der Waals surface area contributed by atoms with Crippen molar-refractivity contribution in [2.75, 3.05) is 20.3 Å². The quantitative estimate of drug-likeness (QED) is 0.495. The summed E-state index contributed by atoms with van der Waals surface area (Å²) in [5, 5.41) is 14.6. The highest BCUT2D eigenvalue weighted by molar-refractivity contribution is 5.92. The molecule has 0 aromatic heterocycles. The molecular formula is C26H30N2O6. The second kappa shape index (κ2) is 9.85. The van der Waals surface area contributed by atoms with Crippen molar-refractivity contribution in [2.45, 2.75) is 43.7 Å². The first-order chi connectivity index (χ1) is 16.3. The number of carboxylic acid groups (broad SMARTS) is 1. The summed E-state index contributed by atoms with van der Waals surface area (Å²) in [5.41, 5.74) is 2.91. The van der Waals surface area contributed by atoms with Gasteiger partial charge in [0, 0.05) is 13.0 Å². The van der Waals surface area contributed by atoms with Crippen molar-refractivity contribution in [1.82, 2.24) is 10.6 Å². The van der Waals surface area contributed by atoms with Gasteiger partial charge in [0.15, 0.2) is 0 Å². The van der Waals surface area contributed by atoms with E-state index in [1.54, 1.807) is 0 Å². The average molecular weight is 467 g/mol. The Bertz CT molecular complexity index is 1040. The molecule has 0 radical (unpaired) electrons. The molecule has 0 heterocycles. The van der Waals surface area contributed by atoms with Crippen LogP contribution in [0.2, 0.25) is 0 Å². The van der Waals surface area contributed by atoms with Crippen LogP contribution in [-0.2, 0) is 19.1 Å². The Hall–Kier alpha value is -3.39. The van der Waals surface area contributed by atoms with Crippen LogP contribution in [0, 0.1) is 5.92 Å². The maximum absolute atomic E-state index is 13.0. The summed E-state index contributed by atoms with van der Waals surface area (Å²) < 4.78 is 10.7. The van der Waals surface area contributed by atoms with Crippen LogP contribution in [0.15, 0.2) is 48.5 Å².